The number of hydrogen-bond donors (Lipinski definition) is 1. The van der Waals surface area contributed by atoms with Crippen molar-refractivity contribution in [3.8, 4) is 5.75 Å². The molecule has 0 heterocycles. The number of carbonyl (C=O) groups is 2. The molecule has 150 valence electrons. The van der Waals surface area contributed by atoms with E-state index in [1.165, 1.54) is 13.2 Å². The van der Waals surface area contributed by atoms with Crippen LogP contribution in [0.2, 0.25) is 0 Å². The van der Waals surface area contributed by atoms with Crippen LogP contribution in [0.25, 0.3) is 0 Å². The fraction of sp³-hybridized carbons (Fsp3) is 0.263. The zero-order valence-corrected chi connectivity index (χ0v) is 16.7. The molecule has 28 heavy (non-hydrogen) atoms. The van der Waals surface area contributed by atoms with E-state index in [9.17, 15) is 18.0 Å². The number of nitrogens with zero attached hydrogens (tertiary/aromatic N) is 1. The second-order valence-corrected chi connectivity index (χ2v) is 7.72. The second kappa shape index (κ2) is 9.23. The largest absolute Gasteiger partial charge is 0.497 e. The Balaban J connectivity index is 2.16. The number of hydrogen-bond acceptors (Lipinski definition) is 6. The second-order valence-electron chi connectivity index (χ2n) is 5.82. The molecule has 0 saturated heterocycles. The van der Waals surface area contributed by atoms with Gasteiger partial charge in [-0.2, -0.15) is 0 Å². The number of methoxy groups -OCH3 is 1. The average molecular weight is 406 g/mol. The van der Waals surface area contributed by atoms with Gasteiger partial charge in [0.15, 0.2) is 0 Å². The van der Waals surface area contributed by atoms with E-state index >= 15 is 0 Å². The van der Waals surface area contributed by atoms with Crippen molar-refractivity contribution in [1.82, 2.24) is 0 Å². The van der Waals surface area contributed by atoms with Crippen LogP contribution in [0.4, 0.5) is 11.4 Å². The highest BCUT2D eigenvalue weighted by Gasteiger charge is 2.21. The Labute approximate surface area is 164 Å². The van der Waals surface area contributed by atoms with Crippen LogP contribution in [0.5, 0.6) is 5.75 Å². The van der Waals surface area contributed by atoms with Gasteiger partial charge in [0, 0.05) is 5.69 Å². The summed E-state index contributed by atoms with van der Waals surface area (Å²) in [5, 5.41) is 2.60. The van der Waals surface area contributed by atoms with Crippen molar-refractivity contribution in [2.24, 2.45) is 0 Å². The molecule has 0 saturated carbocycles. The fourth-order valence-corrected chi connectivity index (χ4v) is 3.27. The minimum absolute atomic E-state index is 0.237. The molecule has 0 aliphatic rings. The maximum absolute atomic E-state index is 12.4. The lowest BCUT2D eigenvalue weighted by Crippen LogP contribution is -2.37. The summed E-state index contributed by atoms with van der Waals surface area (Å²) in [5.74, 6) is -0.491. The van der Waals surface area contributed by atoms with Crippen molar-refractivity contribution in [2.75, 3.05) is 36.1 Å². The molecule has 1 amide bonds. The van der Waals surface area contributed by atoms with Crippen molar-refractivity contribution in [3.63, 3.8) is 0 Å². The highest BCUT2D eigenvalue weighted by molar-refractivity contribution is 7.92. The number of benzene rings is 2. The molecule has 0 radical (unpaired) electrons. The van der Waals surface area contributed by atoms with E-state index < -0.39 is 28.4 Å². The quantitative estimate of drug-likeness (QED) is 0.675. The first-order valence-corrected chi connectivity index (χ1v) is 10.3. The van der Waals surface area contributed by atoms with Crippen LogP contribution >= 0.6 is 0 Å². The Bertz CT molecular complexity index is 941. The van der Waals surface area contributed by atoms with Gasteiger partial charge >= 0.3 is 5.97 Å². The van der Waals surface area contributed by atoms with Crippen LogP contribution in [-0.4, -0.2) is 46.8 Å². The van der Waals surface area contributed by atoms with Crippen molar-refractivity contribution < 1.29 is 27.5 Å². The number of carbonyl (C=O) groups excluding carboxylic acids is 2. The molecule has 0 fully saturated rings. The lowest BCUT2D eigenvalue weighted by atomic mass is 10.2. The summed E-state index contributed by atoms with van der Waals surface area (Å²) < 4.78 is 35.3. The van der Waals surface area contributed by atoms with Crippen LogP contribution in [0.15, 0.2) is 48.5 Å². The standard InChI is InChI=1S/C19H22N2O6S/c1-4-27-19(23)14-6-5-7-15(12-14)20-18(22)13-21(28(3,24)25)16-8-10-17(26-2)11-9-16/h5-12H,4,13H2,1-3H3,(H,20,22). The lowest BCUT2D eigenvalue weighted by Gasteiger charge is -2.22. The minimum Gasteiger partial charge on any atom is -0.497 e. The third kappa shape index (κ3) is 5.71. The SMILES string of the molecule is CCOC(=O)c1cccc(NC(=O)CN(c2ccc(OC)cc2)S(C)(=O)=O)c1. The van der Waals surface area contributed by atoms with E-state index in [1.54, 1.807) is 49.4 Å². The maximum Gasteiger partial charge on any atom is 0.338 e. The van der Waals surface area contributed by atoms with Crippen molar-refractivity contribution in [3.05, 3.63) is 54.1 Å². The normalized spacial score (nSPS) is 10.8. The average Bonchev–Trinajstić information content (AvgIpc) is 2.66. The number of esters is 1. The number of anilines is 2. The van der Waals surface area contributed by atoms with Crippen LogP contribution in [0.1, 0.15) is 17.3 Å². The van der Waals surface area contributed by atoms with Crippen molar-refractivity contribution in [2.45, 2.75) is 6.92 Å². The van der Waals surface area contributed by atoms with Crippen LogP contribution in [-0.2, 0) is 19.6 Å². The molecular formula is C19H22N2O6S. The van der Waals surface area contributed by atoms with Gasteiger partial charge in [-0.1, -0.05) is 6.07 Å². The molecule has 2 rings (SSSR count). The Morgan fingerprint density at radius 1 is 1.11 bits per heavy atom. The van der Waals surface area contributed by atoms with Gasteiger partial charge in [0.05, 0.1) is 31.2 Å². The highest BCUT2D eigenvalue weighted by Crippen LogP contribution is 2.21. The number of ether oxygens (including phenoxy) is 2. The first-order valence-electron chi connectivity index (χ1n) is 8.43. The zero-order chi connectivity index (χ0) is 20.7. The Morgan fingerprint density at radius 2 is 1.79 bits per heavy atom. The summed E-state index contributed by atoms with van der Waals surface area (Å²) in [5.41, 5.74) is 0.979. The molecule has 0 unspecified atom stereocenters. The van der Waals surface area contributed by atoms with Gasteiger partial charge in [-0.05, 0) is 49.4 Å². The molecule has 0 aliphatic heterocycles. The van der Waals surface area contributed by atoms with Crippen molar-refractivity contribution in [1.29, 1.82) is 0 Å². The van der Waals surface area contributed by atoms with Gasteiger partial charge in [-0.3, -0.25) is 9.10 Å². The molecule has 1 N–H and O–H groups in total. The number of rotatable bonds is 8. The molecule has 0 aliphatic carbocycles. The summed E-state index contributed by atoms with van der Waals surface area (Å²) in [6.45, 7) is 1.51. The molecule has 2 aromatic rings. The number of sulfonamides is 1. The third-order valence-corrected chi connectivity index (χ3v) is 4.85. The number of nitrogens with one attached hydrogen (secondary N) is 1. The van der Waals surface area contributed by atoms with Gasteiger partial charge in [-0.25, -0.2) is 13.2 Å². The number of amides is 1. The third-order valence-electron chi connectivity index (χ3n) is 3.71. The van der Waals surface area contributed by atoms with Gasteiger partial charge < -0.3 is 14.8 Å². The zero-order valence-electron chi connectivity index (χ0n) is 15.8. The molecule has 0 spiro atoms. The molecule has 9 heteroatoms. The summed E-state index contributed by atoms with van der Waals surface area (Å²) in [7, 11) is -2.20. The van der Waals surface area contributed by atoms with E-state index in [4.69, 9.17) is 9.47 Å². The van der Waals surface area contributed by atoms with Crippen molar-refractivity contribution >= 4 is 33.3 Å². The predicted octanol–water partition coefficient (Wildman–Crippen LogP) is 2.28. The highest BCUT2D eigenvalue weighted by atomic mass is 32.2. The topological polar surface area (TPSA) is 102 Å². The molecule has 0 atom stereocenters. The van der Waals surface area contributed by atoms with E-state index in [1.807, 2.05) is 0 Å². The Hall–Kier alpha value is -3.07. The Morgan fingerprint density at radius 3 is 2.36 bits per heavy atom. The van der Waals surface area contributed by atoms with E-state index in [0.29, 0.717) is 17.1 Å². The molecule has 0 aromatic heterocycles. The molecule has 2 aromatic carbocycles. The first kappa shape index (κ1) is 21.2. The summed E-state index contributed by atoms with van der Waals surface area (Å²) in [6, 6.07) is 12.5. The maximum atomic E-state index is 12.4. The van der Waals surface area contributed by atoms with Gasteiger partial charge in [-0.15, -0.1) is 0 Å². The summed E-state index contributed by atoms with van der Waals surface area (Å²) >= 11 is 0. The fourth-order valence-electron chi connectivity index (χ4n) is 2.42. The first-order chi connectivity index (χ1) is 13.2. The van der Waals surface area contributed by atoms with E-state index in [2.05, 4.69) is 5.32 Å². The smallest absolute Gasteiger partial charge is 0.338 e. The van der Waals surface area contributed by atoms with Crippen LogP contribution < -0.4 is 14.4 Å². The molecular weight excluding hydrogens is 384 g/mol. The van der Waals surface area contributed by atoms with E-state index in [-0.39, 0.29) is 12.2 Å². The molecule has 8 nitrogen and oxygen atoms in total. The van der Waals surface area contributed by atoms with Crippen LogP contribution in [0.3, 0.4) is 0 Å². The lowest BCUT2D eigenvalue weighted by molar-refractivity contribution is -0.114. The van der Waals surface area contributed by atoms with E-state index in [0.717, 1.165) is 10.6 Å². The predicted molar refractivity (Wildman–Crippen MR) is 106 cm³/mol. The Kier molecular flexibility index (Phi) is 7.00. The summed E-state index contributed by atoms with van der Waals surface area (Å²) in [6.07, 6.45) is 1.02. The van der Waals surface area contributed by atoms with Crippen LogP contribution in [0, 0.1) is 0 Å². The molecule has 0 bridgehead atoms. The monoisotopic (exact) mass is 406 g/mol. The van der Waals surface area contributed by atoms with Gasteiger partial charge in [0.1, 0.15) is 12.3 Å². The van der Waals surface area contributed by atoms with Gasteiger partial charge in [0.2, 0.25) is 15.9 Å². The minimum atomic E-state index is -3.70. The van der Waals surface area contributed by atoms with Gasteiger partial charge in [0.25, 0.3) is 0 Å². The summed E-state index contributed by atoms with van der Waals surface area (Å²) in [4.78, 5) is 24.2.